The Hall–Kier alpha value is -1.83. The van der Waals surface area contributed by atoms with E-state index >= 15 is 0 Å². The molecule has 2 amide bonds. The van der Waals surface area contributed by atoms with Gasteiger partial charge in [0.25, 0.3) is 0 Å². The number of carbonyl (C=O) groups excluding carboxylic acids is 2. The van der Waals surface area contributed by atoms with Gasteiger partial charge in [0, 0.05) is 33.2 Å². The Morgan fingerprint density at radius 3 is 2.26 bits per heavy atom. The first-order chi connectivity index (χ1) is 8.93. The minimum atomic E-state index is -0.873. The molecule has 0 radical (unpaired) electrons. The van der Waals surface area contributed by atoms with Gasteiger partial charge in [0.05, 0.1) is 13.7 Å². The van der Waals surface area contributed by atoms with E-state index < -0.39 is 11.9 Å². The molecule has 1 saturated heterocycles. The fourth-order valence-corrected chi connectivity index (χ4v) is 1.86. The predicted molar refractivity (Wildman–Crippen MR) is 65.7 cm³/mol. The maximum absolute atomic E-state index is 12.0. The van der Waals surface area contributed by atoms with Gasteiger partial charge in [-0.2, -0.15) is 0 Å². The molecule has 0 spiro atoms. The highest BCUT2D eigenvalue weighted by molar-refractivity contribution is 5.80. The number of amides is 2. The summed E-state index contributed by atoms with van der Waals surface area (Å²) in [5.41, 5.74) is 0. The summed E-state index contributed by atoms with van der Waals surface area (Å²) < 4.78 is 4.49. The number of esters is 1. The van der Waals surface area contributed by atoms with Crippen molar-refractivity contribution in [2.45, 2.75) is 0 Å². The first kappa shape index (κ1) is 15.2. The summed E-state index contributed by atoms with van der Waals surface area (Å²) in [6, 6.07) is -0.250. The lowest BCUT2D eigenvalue weighted by molar-refractivity contribution is -0.141. The number of methoxy groups -OCH3 is 1. The number of aliphatic carboxylic acids is 1. The van der Waals surface area contributed by atoms with Crippen LogP contribution >= 0.6 is 0 Å². The summed E-state index contributed by atoms with van der Waals surface area (Å²) in [6.07, 6.45) is 0. The number of carboxylic acids is 1. The fraction of sp³-hybridized carbons (Fsp3) is 0.727. The zero-order valence-corrected chi connectivity index (χ0v) is 11.2. The highest BCUT2D eigenvalue weighted by atomic mass is 16.5. The molecule has 0 aromatic carbocycles. The van der Waals surface area contributed by atoms with Crippen LogP contribution in [0.3, 0.4) is 0 Å². The normalized spacial score (nSPS) is 16.0. The number of ether oxygens (including phenoxy) is 1. The van der Waals surface area contributed by atoms with Crippen molar-refractivity contribution in [2.75, 3.05) is 53.4 Å². The van der Waals surface area contributed by atoms with Crippen molar-refractivity contribution in [2.24, 2.45) is 0 Å². The molecule has 8 heteroatoms. The van der Waals surface area contributed by atoms with Crippen molar-refractivity contribution in [3.05, 3.63) is 0 Å². The molecular formula is C11H19N3O5. The van der Waals surface area contributed by atoms with Crippen LogP contribution in [-0.4, -0.2) is 91.2 Å². The maximum atomic E-state index is 12.0. The number of rotatable bonds is 4. The predicted octanol–water partition coefficient (Wildman–Crippen LogP) is -1.09. The third-order valence-corrected chi connectivity index (χ3v) is 2.92. The van der Waals surface area contributed by atoms with Crippen LogP contribution in [0, 0.1) is 0 Å². The van der Waals surface area contributed by atoms with Crippen LogP contribution in [0.25, 0.3) is 0 Å². The minimum absolute atomic E-state index is 0.0139. The first-order valence-electron chi connectivity index (χ1n) is 5.95. The van der Waals surface area contributed by atoms with Crippen molar-refractivity contribution < 1.29 is 24.2 Å². The molecule has 0 aromatic heterocycles. The van der Waals surface area contributed by atoms with E-state index in [2.05, 4.69) is 4.74 Å². The summed E-state index contributed by atoms with van der Waals surface area (Å²) in [7, 11) is 2.80. The molecule has 1 aliphatic heterocycles. The van der Waals surface area contributed by atoms with Crippen molar-refractivity contribution in [3.8, 4) is 0 Å². The lowest BCUT2D eigenvalue weighted by Crippen LogP contribution is -2.53. The van der Waals surface area contributed by atoms with Crippen molar-refractivity contribution >= 4 is 18.0 Å². The van der Waals surface area contributed by atoms with E-state index in [4.69, 9.17) is 5.11 Å². The molecule has 0 saturated carbocycles. The maximum Gasteiger partial charge on any atom is 0.325 e. The molecule has 1 aliphatic rings. The van der Waals surface area contributed by atoms with Crippen LogP contribution in [0.1, 0.15) is 0 Å². The number of hydrogen-bond donors (Lipinski definition) is 1. The van der Waals surface area contributed by atoms with Crippen molar-refractivity contribution in [1.82, 2.24) is 14.7 Å². The molecule has 8 nitrogen and oxygen atoms in total. The molecule has 1 fully saturated rings. The van der Waals surface area contributed by atoms with Gasteiger partial charge >= 0.3 is 18.0 Å². The average molecular weight is 273 g/mol. The molecule has 0 aromatic rings. The zero-order chi connectivity index (χ0) is 14.4. The molecule has 108 valence electrons. The van der Waals surface area contributed by atoms with E-state index in [0.29, 0.717) is 26.2 Å². The Morgan fingerprint density at radius 1 is 1.21 bits per heavy atom. The second-order valence-corrected chi connectivity index (χ2v) is 4.37. The topological polar surface area (TPSA) is 90.4 Å². The minimum Gasteiger partial charge on any atom is -0.480 e. The second kappa shape index (κ2) is 6.93. The van der Waals surface area contributed by atoms with E-state index in [1.165, 1.54) is 19.1 Å². The van der Waals surface area contributed by atoms with E-state index in [9.17, 15) is 14.4 Å². The molecular weight excluding hydrogens is 254 g/mol. The van der Waals surface area contributed by atoms with Gasteiger partial charge in [-0.15, -0.1) is 0 Å². The van der Waals surface area contributed by atoms with E-state index in [-0.39, 0.29) is 19.1 Å². The molecule has 1 N–H and O–H groups in total. The highest BCUT2D eigenvalue weighted by Crippen LogP contribution is 2.04. The van der Waals surface area contributed by atoms with E-state index in [0.717, 1.165) is 0 Å². The van der Waals surface area contributed by atoms with Gasteiger partial charge in [-0.3, -0.25) is 14.5 Å². The number of carboxylic acid groups (broad SMARTS) is 1. The number of hydrogen-bond acceptors (Lipinski definition) is 5. The Morgan fingerprint density at radius 2 is 1.79 bits per heavy atom. The third kappa shape index (κ3) is 4.74. The average Bonchev–Trinajstić information content (AvgIpc) is 2.37. The van der Waals surface area contributed by atoms with Gasteiger partial charge in [0.15, 0.2) is 0 Å². The highest BCUT2D eigenvalue weighted by Gasteiger charge is 2.25. The largest absolute Gasteiger partial charge is 0.480 e. The number of likely N-dealkylation sites (N-methyl/N-ethyl adjacent to an activating group) is 1. The van der Waals surface area contributed by atoms with Crippen LogP contribution in [0.5, 0.6) is 0 Å². The molecule has 1 rings (SSSR count). The number of urea groups is 1. The summed E-state index contributed by atoms with van der Waals surface area (Å²) in [6.45, 7) is 1.84. The number of nitrogens with zero attached hydrogens (tertiary/aromatic N) is 3. The number of carbonyl (C=O) groups is 3. The summed E-state index contributed by atoms with van der Waals surface area (Å²) in [5.74, 6) is -1.34. The summed E-state index contributed by atoms with van der Waals surface area (Å²) >= 11 is 0. The smallest absolute Gasteiger partial charge is 0.325 e. The lowest BCUT2D eigenvalue weighted by Gasteiger charge is -2.35. The molecule has 1 heterocycles. The SMILES string of the molecule is COC(=O)CN(C)C(=O)N1CCN(CC(=O)O)CC1. The van der Waals surface area contributed by atoms with E-state index in [1.807, 2.05) is 0 Å². The van der Waals surface area contributed by atoms with Crippen LogP contribution in [0.2, 0.25) is 0 Å². The molecule has 0 aliphatic carbocycles. The zero-order valence-electron chi connectivity index (χ0n) is 11.2. The van der Waals surface area contributed by atoms with Gasteiger partial charge in [-0.1, -0.05) is 0 Å². The molecule has 0 atom stereocenters. The Bertz CT molecular complexity index is 352. The van der Waals surface area contributed by atoms with Gasteiger partial charge < -0.3 is 19.6 Å². The first-order valence-corrected chi connectivity index (χ1v) is 5.95. The quantitative estimate of drug-likeness (QED) is 0.655. The standard InChI is InChI=1S/C11H19N3O5/c1-12(8-10(17)19-2)11(18)14-5-3-13(4-6-14)7-9(15)16/h3-8H2,1-2H3,(H,15,16). The molecule has 0 bridgehead atoms. The summed E-state index contributed by atoms with van der Waals surface area (Å²) in [5, 5.41) is 8.67. The summed E-state index contributed by atoms with van der Waals surface area (Å²) in [4.78, 5) is 38.3. The Kier molecular flexibility index (Phi) is 5.56. The van der Waals surface area contributed by atoms with Crippen molar-refractivity contribution in [1.29, 1.82) is 0 Å². The molecule has 0 unspecified atom stereocenters. The van der Waals surface area contributed by atoms with E-state index in [1.54, 1.807) is 9.80 Å². The van der Waals surface area contributed by atoms with Crippen LogP contribution in [0.15, 0.2) is 0 Å². The monoisotopic (exact) mass is 273 g/mol. The van der Waals surface area contributed by atoms with Crippen LogP contribution in [-0.2, 0) is 14.3 Å². The van der Waals surface area contributed by atoms with Crippen molar-refractivity contribution in [3.63, 3.8) is 0 Å². The van der Waals surface area contributed by atoms with Crippen LogP contribution in [0.4, 0.5) is 4.79 Å². The Labute approximate surface area is 111 Å². The lowest BCUT2D eigenvalue weighted by atomic mass is 10.3. The molecule has 19 heavy (non-hydrogen) atoms. The van der Waals surface area contributed by atoms with Gasteiger partial charge in [-0.25, -0.2) is 4.79 Å². The fourth-order valence-electron chi connectivity index (χ4n) is 1.86. The third-order valence-electron chi connectivity index (χ3n) is 2.92. The van der Waals surface area contributed by atoms with Crippen LogP contribution < -0.4 is 0 Å². The van der Waals surface area contributed by atoms with Gasteiger partial charge in [-0.05, 0) is 0 Å². The Balaban J connectivity index is 2.40. The second-order valence-electron chi connectivity index (χ2n) is 4.37. The number of piperazine rings is 1. The van der Waals surface area contributed by atoms with Gasteiger partial charge in [0.1, 0.15) is 6.54 Å². The van der Waals surface area contributed by atoms with Gasteiger partial charge in [0.2, 0.25) is 0 Å².